The quantitative estimate of drug-likeness (QED) is 0.519. The van der Waals surface area contributed by atoms with E-state index in [1.165, 1.54) is 6.92 Å². The van der Waals surface area contributed by atoms with Gasteiger partial charge in [-0.15, -0.1) is 0 Å². The van der Waals surface area contributed by atoms with Gasteiger partial charge in [-0.05, 0) is 6.92 Å². The second-order valence-electron chi connectivity index (χ2n) is 3.99. The highest BCUT2D eigenvalue weighted by Gasteiger charge is 2.52. The van der Waals surface area contributed by atoms with Crippen LogP contribution in [0.2, 0.25) is 24.7 Å². The number of carbonyl (C=O) groups is 2. The molecule has 4 nitrogen and oxygen atoms in total. The number of carboxylic acid groups (broad SMARTS) is 2. The summed E-state index contributed by atoms with van der Waals surface area (Å²) in [5.41, 5.74) is 0. The summed E-state index contributed by atoms with van der Waals surface area (Å²) in [5.74, 6) is -2.48. The SMILES string of the molecule is CC(C(=O)O)(C(=O)O)[Si](C)(C)C. The molecule has 0 unspecified atom stereocenters. The first-order chi connectivity index (χ1) is 5.14. The third-order valence-corrected chi connectivity index (χ3v) is 5.78. The van der Waals surface area contributed by atoms with Gasteiger partial charge in [0.1, 0.15) is 0 Å². The average Bonchev–Trinajstić information content (AvgIpc) is 1.82. The summed E-state index contributed by atoms with van der Waals surface area (Å²) in [6, 6.07) is 0. The van der Waals surface area contributed by atoms with Crippen molar-refractivity contribution in [3.63, 3.8) is 0 Å². The molecular formula is C7H14O4Si. The largest absolute Gasteiger partial charge is 0.481 e. The van der Waals surface area contributed by atoms with Crippen molar-refractivity contribution in [3.05, 3.63) is 0 Å². The summed E-state index contributed by atoms with van der Waals surface area (Å²) in [6.07, 6.45) is 0. The minimum atomic E-state index is -2.24. The second-order valence-corrected chi connectivity index (χ2v) is 9.49. The number of rotatable bonds is 3. The van der Waals surface area contributed by atoms with Gasteiger partial charge in [-0.1, -0.05) is 19.6 Å². The van der Waals surface area contributed by atoms with E-state index in [0.29, 0.717) is 0 Å². The molecule has 5 heteroatoms. The van der Waals surface area contributed by atoms with Crippen LogP contribution in [0.1, 0.15) is 6.92 Å². The van der Waals surface area contributed by atoms with E-state index in [1.807, 2.05) is 0 Å². The van der Waals surface area contributed by atoms with Crippen molar-refractivity contribution in [2.45, 2.75) is 31.6 Å². The molecule has 0 rings (SSSR count). The molecule has 0 aliphatic rings. The fourth-order valence-electron chi connectivity index (χ4n) is 0.733. The van der Waals surface area contributed by atoms with Gasteiger partial charge >= 0.3 is 11.9 Å². The van der Waals surface area contributed by atoms with Crippen LogP contribution in [0.4, 0.5) is 0 Å². The summed E-state index contributed by atoms with van der Waals surface area (Å²) >= 11 is 0. The molecule has 0 spiro atoms. The van der Waals surface area contributed by atoms with Crippen LogP contribution >= 0.6 is 0 Å². The van der Waals surface area contributed by atoms with Crippen LogP contribution in [0.3, 0.4) is 0 Å². The van der Waals surface area contributed by atoms with Crippen LogP contribution in [0.25, 0.3) is 0 Å². The van der Waals surface area contributed by atoms with Crippen molar-refractivity contribution >= 4 is 20.0 Å². The Kier molecular flexibility index (Phi) is 2.69. The standard InChI is InChI=1S/C7H14O4Si/c1-7(5(8)9,6(10)11)12(2,3)4/h1-4H3,(H,8,9)(H,10,11). The fourth-order valence-corrected chi connectivity index (χ4v) is 2.02. The first kappa shape index (κ1) is 11.2. The first-order valence-electron chi connectivity index (χ1n) is 3.61. The van der Waals surface area contributed by atoms with Crippen LogP contribution in [0.15, 0.2) is 0 Å². The number of carboxylic acids is 2. The van der Waals surface area contributed by atoms with Gasteiger partial charge in [-0.2, -0.15) is 0 Å². The monoisotopic (exact) mass is 190 g/mol. The molecule has 0 saturated carbocycles. The maximum Gasteiger partial charge on any atom is 0.317 e. The zero-order valence-corrected chi connectivity index (χ0v) is 8.71. The molecule has 2 N–H and O–H groups in total. The molecule has 0 aliphatic carbocycles. The van der Waals surface area contributed by atoms with Gasteiger partial charge in [0.25, 0.3) is 0 Å². The van der Waals surface area contributed by atoms with Crippen molar-refractivity contribution in [3.8, 4) is 0 Å². The van der Waals surface area contributed by atoms with Crippen LogP contribution in [-0.4, -0.2) is 30.2 Å². The minimum Gasteiger partial charge on any atom is -0.481 e. The van der Waals surface area contributed by atoms with Crippen molar-refractivity contribution in [2.24, 2.45) is 0 Å². The Morgan fingerprint density at radius 1 is 1.08 bits per heavy atom. The molecule has 0 aromatic carbocycles. The van der Waals surface area contributed by atoms with E-state index in [1.54, 1.807) is 19.6 Å². The number of hydrogen-bond acceptors (Lipinski definition) is 2. The van der Waals surface area contributed by atoms with Crippen molar-refractivity contribution in [1.82, 2.24) is 0 Å². The molecule has 0 aliphatic heterocycles. The predicted molar refractivity (Wildman–Crippen MR) is 47.0 cm³/mol. The molecule has 0 aromatic rings. The van der Waals surface area contributed by atoms with Crippen LogP contribution in [0.5, 0.6) is 0 Å². The average molecular weight is 190 g/mol. The Morgan fingerprint density at radius 3 is 1.33 bits per heavy atom. The molecule has 70 valence electrons. The van der Waals surface area contributed by atoms with Gasteiger partial charge < -0.3 is 10.2 Å². The summed E-state index contributed by atoms with van der Waals surface area (Å²) in [5, 5.41) is 16.0. The summed E-state index contributed by atoms with van der Waals surface area (Å²) in [6.45, 7) is 6.48. The maximum absolute atomic E-state index is 10.8. The molecule has 0 bridgehead atoms. The predicted octanol–water partition coefficient (Wildman–Crippen LogP) is 1.25. The van der Waals surface area contributed by atoms with E-state index in [0.717, 1.165) is 0 Å². The molecule has 0 fully saturated rings. The Hall–Kier alpha value is -0.843. The molecule has 0 atom stereocenters. The normalized spacial score (nSPS) is 12.7. The molecular weight excluding hydrogens is 176 g/mol. The van der Waals surface area contributed by atoms with Crippen LogP contribution in [-0.2, 0) is 9.59 Å². The Labute approximate surface area is 72.2 Å². The fraction of sp³-hybridized carbons (Fsp3) is 0.714. The van der Waals surface area contributed by atoms with E-state index in [9.17, 15) is 9.59 Å². The van der Waals surface area contributed by atoms with Crippen molar-refractivity contribution in [1.29, 1.82) is 0 Å². The van der Waals surface area contributed by atoms with E-state index in [-0.39, 0.29) is 0 Å². The summed E-state index contributed by atoms with van der Waals surface area (Å²) in [4.78, 5) is 21.5. The Bertz CT molecular complexity index is 202. The lowest BCUT2D eigenvalue weighted by Crippen LogP contribution is -2.48. The number of aliphatic carboxylic acids is 2. The number of hydrogen-bond donors (Lipinski definition) is 2. The Morgan fingerprint density at radius 2 is 1.33 bits per heavy atom. The van der Waals surface area contributed by atoms with E-state index in [4.69, 9.17) is 10.2 Å². The minimum absolute atomic E-state index is 1.24. The third kappa shape index (κ3) is 1.50. The third-order valence-electron chi connectivity index (χ3n) is 2.36. The topological polar surface area (TPSA) is 74.6 Å². The molecule has 0 saturated heterocycles. The zero-order valence-electron chi connectivity index (χ0n) is 7.71. The lowest BCUT2D eigenvalue weighted by Gasteiger charge is -2.31. The van der Waals surface area contributed by atoms with E-state index >= 15 is 0 Å². The highest BCUT2D eigenvalue weighted by Crippen LogP contribution is 2.37. The molecule has 0 heterocycles. The van der Waals surface area contributed by atoms with Gasteiger partial charge in [0, 0.05) is 0 Å². The van der Waals surface area contributed by atoms with Gasteiger partial charge in [0.15, 0.2) is 5.04 Å². The van der Waals surface area contributed by atoms with Crippen LogP contribution < -0.4 is 0 Å². The summed E-state index contributed by atoms with van der Waals surface area (Å²) in [7, 11) is -2.24. The molecule has 0 radical (unpaired) electrons. The second kappa shape index (κ2) is 2.89. The molecule has 12 heavy (non-hydrogen) atoms. The van der Waals surface area contributed by atoms with Crippen LogP contribution in [0, 0.1) is 0 Å². The lowest BCUT2D eigenvalue weighted by atomic mass is 10.2. The van der Waals surface area contributed by atoms with E-state index < -0.39 is 25.1 Å². The van der Waals surface area contributed by atoms with E-state index in [2.05, 4.69) is 0 Å². The highest BCUT2D eigenvalue weighted by molar-refractivity contribution is 6.85. The zero-order chi connectivity index (χ0) is 10.2. The molecule has 0 amide bonds. The van der Waals surface area contributed by atoms with Crippen molar-refractivity contribution < 1.29 is 19.8 Å². The van der Waals surface area contributed by atoms with Gasteiger partial charge in [-0.3, -0.25) is 9.59 Å². The van der Waals surface area contributed by atoms with Gasteiger partial charge in [0.2, 0.25) is 0 Å². The highest BCUT2D eigenvalue weighted by atomic mass is 28.3. The van der Waals surface area contributed by atoms with Crippen molar-refractivity contribution in [2.75, 3.05) is 0 Å². The maximum atomic E-state index is 10.8. The lowest BCUT2D eigenvalue weighted by molar-refractivity contribution is -0.152. The van der Waals surface area contributed by atoms with Gasteiger partial charge in [0.05, 0.1) is 8.07 Å². The molecule has 0 aromatic heterocycles. The summed E-state index contributed by atoms with van der Waals surface area (Å²) < 4.78 is 0. The first-order valence-corrected chi connectivity index (χ1v) is 7.11. The smallest absolute Gasteiger partial charge is 0.317 e. The van der Waals surface area contributed by atoms with Gasteiger partial charge in [-0.25, -0.2) is 0 Å². The Balaban J connectivity index is 5.17.